The lowest BCUT2D eigenvalue weighted by Crippen LogP contribution is -2.13. The number of halogens is 2. The number of aliphatic hydroxyl groups excluding tert-OH is 3. The van der Waals surface area contributed by atoms with Crippen molar-refractivity contribution in [2.24, 2.45) is 0 Å². The van der Waals surface area contributed by atoms with E-state index in [-0.39, 0.29) is 22.5 Å². The van der Waals surface area contributed by atoms with Gasteiger partial charge in [0.25, 0.3) is 0 Å². The van der Waals surface area contributed by atoms with Crippen LogP contribution >= 0.6 is 0 Å². The quantitative estimate of drug-likeness (QED) is 0.206. The average Bonchev–Trinajstić information content (AvgIpc) is 3.22. The van der Waals surface area contributed by atoms with Gasteiger partial charge < -0.3 is 20.3 Å². The van der Waals surface area contributed by atoms with Crippen molar-refractivity contribution in [2.75, 3.05) is 6.61 Å². The molecule has 3 aromatic carbocycles. The van der Waals surface area contributed by atoms with Gasteiger partial charge in [-0.1, -0.05) is 36.4 Å². The van der Waals surface area contributed by atoms with Gasteiger partial charge in [0.15, 0.2) is 0 Å². The number of para-hydroxylation sites is 2. The molecule has 32 heavy (non-hydrogen) atoms. The average molecular weight is 436 g/mol. The fourth-order valence-corrected chi connectivity index (χ4v) is 3.39. The Labute approximate surface area is 181 Å². The number of carbonyl (C=O) groups excluding carboxylic acids is 1. The monoisotopic (exact) mass is 436 g/mol. The minimum Gasteiger partial charge on any atom is -0.506 e. The molecule has 0 aliphatic rings. The molecule has 8 heteroatoms. The predicted octanol–water partition coefficient (Wildman–Crippen LogP) is 4.18. The molecule has 1 unspecified atom stereocenters. The summed E-state index contributed by atoms with van der Waals surface area (Å²) in [7, 11) is 0. The fraction of sp³-hybridized carbons (Fsp3) is 0.0833. The van der Waals surface area contributed by atoms with Gasteiger partial charge in [0.2, 0.25) is 5.78 Å². The third-order valence-electron chi connectivity index (χ3n) is 4.99. The summed E-state index contributed by atoms with van der Waals surface area (Å²) in [6, 6.07) is 15.6. The minimum atomic E-state index is -1.53. The summed E-state index contributed by atoms with van der Waals surface area (Å²) in [5.74, 6) is -3.24. The summed E-state index contributed by atoms with van der Waals surface area (Å²) >= 11 is 0. The number of nitrogens with one attached hydrogen (secondary N) is 1. The van der Waals surface area contributed by atoms with E-state index in [9.17, 15) is 24.5 Å². The molecule has 0 saturated heterocycles. The number of benzene rings is 3. The van der Waals surface area contributed by atoms with E-state index in [1.54, 1.807) is 24.3 Å². The molecule has 0 aliphatic heterocycles. The van der Waals surface area contributed by atoms with Gasteiger partial charge in [-0.15, -0.1) is 0 Å². The van der Waals surface area contributed by atoms with Crippen LogP contribution in [-0.4, -0.2) is 37.7 Å². The van der Waals surface area contributed by atoms with Gasteiger partial charge in [-0.3, -0.25) is 4.79 Å². The van der Waals surface area contributed by atoms with Crippen LogP contribution in [0.4, 0.5) is 8.78 Å². The Morgan fingerprint density at radius 1 is 1.03 bits per heavy atom. The van der Waals surface area contributed by atoms with Crippen molar-refractivity contribution in [3.63, 3.8) is 0 Å². The van der Waals surface area contributed by atoms with Crippen LogP contribution in [0.3, 0.4) is 0 Å². The number of aromatic nitrogens is 2. The van der Waals surface area contributed by atoms with Crippen LogP contribution in [0.15, 0.2) is 66.7 Å². The molecule has 1 aromatic heterocycles. The maximum absolute atomic E-state index is 15.1. The highest BCUT2D eigenvalue weighted by Crippen LogP contribution is 2.30. The molecule has 4 aromatic rings. The Morgan fingerprint density at radius 3 is 2.50 bits per heavy atom. The van der Waals surface area contributed by atoms with Gasteiger partial charge in [-0.25, -0.2) is 13.8 Å². The number of allylic oxidation sites excluding steroid dienone is 1. The largest absolute Gasteiger partial charge is 0.506 e. The topological polar surface area (TPSA) is 106 Å². The number of rotatable bonds is 6. The predicted molar refractivity (Wildman–Crippen MR) is 115 cm³/mol. The maximum atomic E-state index is 15.1. The molecule has 6 nitrogen and oxygen atoms in total. The summed E-state index contributed by atoms with van der Waals surface area (Å²) in [4.78, 5) is 20.7. The van der Waals surface area contributed by atoms with Crippen molar-refractivity contribution >= 4 is 28.1 Å². The number of hydrogen-bond acceptors (Lipinski definition) is 5. The van der Waals surface area contributed by atoms with Crippen LogP contribution < -0.4 is 0 Å². The van der Waals surface area contributed by atoms with Crippen LogP contribution in [0.1, 0.15) is 33.4 Å². The molecule has 4 N–H and O–H groups in total. The lowest BCUT2D eigenvalue weighted by Gasteiger charge is -2.13. The number of carbonyl (C=O) groups is 1. The molecule has 0 bridgehead atoms. The zero-order chi connectivity index (χ0) is 22.8. The molecule has 162 valence electrons. The van der Waals surface area contributed by atoms with E-state index in [1.807, 2.05) is 0 Å². The minimum absolute atomic E-state index is 0.000705. The molecule has 0 amide bonds. The van der Waals surface area contributed by atoms with Crippen molar-refractivity contribution in [3.8, 4) is 0 Å². The lowest BCUT2D eigenvalue weighted by atomic mass is 9.95. The SMILES string of the molecule is O=C(/C(=C(\O)c1cccc(F)c1)c1nc2ccccc2[nH]1)c1cccc(C(O)CO)c1F. The second-order valence-corrected chi connectivity index (χ2v) is 7.07. The first kappa shape index (κ1) is 21.4. The number of nitrogens with zero attached hydrogens (tertiary/aromatic N) is 1. The normalized spacial score (nSPS) is 13.1. The molecule has 0 spiro atoms. The summed E-state index contributed by atoms with van der Waals surface area (Å²) < 4.78 is 28.9. The Morgan fingerprint density at radius 2 is 1.78 bits per heavy atom. The van der Waals surface area contributed by atoms with Gasteiger partial charge in [-0.2, -0.15) is 0 Å². The van der Waals surface area contributed by atoms with E-state index in [4.69, 9.17) is 0 Å². The summed E-state index contributed by atoms with van der Waals surface area (Å²) in [6.45, 7) is -0.741. The number of ketones is 1. The van der Waals surface area contributed by atoms with Crippen molar-refractivity contribution in [1.29, 1.82) is 0 Å². The first-order valence-corrected chi connectivity index (χ1v) is 9.67. The van der Waals surface area contributed by atoms with Crippen LogP contribution in [0, 0.1) is 11.6 Å². The smallest absolute Gasteiger partial charge is 0.203 e. The molecule has 1 heterocycles. The second kappa shape index (κ2) is 8.70. The van der Waals surface area contributed by atoms with Crippen LogP contribution in [0.2, 0.25) is 0 Å². The van der Waals surface area contributed by atoms with Gasteiger partial charge in [0.05, 0.1) is 23.2 Å². The van der Waals surface area contributed by atoms with E-state index in [0.29, 0.717) is 11.0 Å². The highest BCUT2D eigenvalue weighted by molar-refractivity contribution is 6.33. The van der Waals surface area contributed by atoms with Crippen molar-refractivity contribution in [2.45, 2.75) is 6.10 Å². The van der Waals surface area contributed by atoms with Crippen LogP contribution in [0.25, 0.3) is 22.4 Å². The van der Waals surface area contributed by atoms with E-state index < -0.39 is 41.5 Å². The number of aromatic amines is 1. The van der Waals surface area contributed by atoms with E-state index in [2.05, 4.69) is 9.97 Å². The first-order chi connectivity index (χ1) is 15.4. The number of fused-ring (bicyclic) bond motifs is 1. The number of hydrogen-bond donors (Lipinski definition) is 4. The van der Waals surface area contributed by atoms with E-state index in [1.165, 1.54) is 36.4 Å². The molecule has 1 atom stereocenters. The molecular weight excluding hydrogens is 418 g/mol. The van der Waals surface area contributed by atoms with Crippen LogP contribution in [-0.2, 0) is 0 Å². The van der Waals surface area contributed by atoms with Gasteiger partial charge in [0.1, 0.15) is 34.9 Å². The van der Waals surface area contributed by atoms with Gasteiger partial charge >= 0.3 is 0 Å². The van der Waals surface area contributed by atoms with Gasteiger partial charge in [0, 0.05) is 11.1 Å². The molecule has 4 rings (SSSR count). The zero-order valence-electron chi connectivity index (χ0n) is 16.6. The molecular formula is C24H18F2N2O4. The Bertz CT molecular complexity index is 1310. The molecule has 0 fully saturated rings. The Kier molecular flexibility index (Phi) is 5.81. The van der Waals surface area contributed by atoms with E-state index in [0.717, 1.165) is 6.07 Å². The molecule has 0 saturated carbocycles. The summed E-state index contributed by atoms with van der Waals surface area (Å²) in [6.07, 6.45) is -1.53. The highest BCUT2D eigenvalue weighted by Gasteiger charge is 2.27. The van der Waals surface area contributed by atoms with Crippen molar-refractivity contribution in [1.82, 2.24) is 9.97 Å². The lowest BCUT2D eigenvalue weighted by molar-refractivity contribution is 0.0920. The zero-order valence-corrected chi connectivity index (χ0v) is 16.6. The molecule has 0 aliphatic carbocycles. The van der Waals surface area contributed by atoms with Crippen LogP contribution in [0.5, 0.6) is 0 Å². The number of Topliss-reactive ketones (excluding diaryl/α,β-unsaturated/α-hetero) is 1. The van der Waals surface area contributed by atoms with Gasteiger partial charge in [-0.05, 0) is 30.3 Å². The first-order valence-electron chi connectivity index (χ1n) is 9.67. The Balaban J connectivity index is 1.94. The number of H-pyrrole nitrogens is 1. The standard InChI is InChI=1S/C24H18F2N2O4/c25-14-6-3-5-13(11-14)22(31)20(24-27-17-9-1-2-10-18(17)28-24)23(32)16-8-4-7-15(21(16)26)19(30)12-29/h1-11,19,29-31H,12H2,(H,27,28)/b22-20+. The number of aliphatic hydroxyl groups is 3. The maximum Gasteiger partial charge on any atom is 0.203 e. The fourth-order valence-electron chi connectivity index (χ4n) is 3.39. The van der Waals surface area contributed by atoms with E-state index >= 15 is 4.39 Å². The molecule has 0 radical (unpaired) electrons. The third kappa shape index (κ3) is 3.89. The summed E-state index contributed by atoms with van der Waals surface area (Å²) in [5.41, 5.74) is -0.0161. The Hall–Kier alpha value is -3.88. The number of imidazole rings is 1. The van der Waals surface area contributed by atoms with Crippen molar-refractivity contribution in [3.05, 3.63) is 101 Å². The van der Waals surface area contributed by atoms with Crippen molar-refractivity contribution < 1.29 is 28.9 Å². The second-order valence-electron chi connectivity index (χ2n) is 7.07. The highest BCUT2D eigenvalue weighted by atomic mass is 19.1. The summed E-state index contributed by atoms with van der Waals surface area (Å²) in [5, 5.41) is 30.0. The third-order valence-corrected chi connectivity index (χ3v) is 4.99.